The molecule has 0 aliphatic heterocycles. The molecule has 1 aromatic carbocycles. The number of thiophene rings is 1. The first-order valence-corrected chi connectivity index (χ1v) is 7.19. The molecule has 0 N–H and O–H groups in total. The van der Waals surface area contributed by atoms with Gasteiger partial charge >= 0.3 is 0 Å². The van der Waals surface area contributed by atoms with Crippen LogP contribution in [0.15, 0.2) is 46.4 Å². The van der Waals surface area contributed by atoms with Crippen LogP contribution in [-0.2, 0) is 6.54 Å². The van der Waals surface area contributed by atoms with Gasteiger partial charge in [-0.2, -0.15) is 0 Å². The van der Waals surface area contributed by atoms with Gasteiger partial charge in [0.25, 0.3) is 0 Å². The minimum atomic E-state index is 0.936. The Morgan fingerprint density at radius 2 is 2.12 bits per heavy atom. The van der Waals surface area contributed by atoms with E-state index in [9.17, 15) is 0 Å². The summed E-state index contributed by atoms with van der Waals surface area (Å²) in [5.74, 6) is 0. The van der Waals surface area contributed by atoms with Gasteiger partial charge < -0.3 is 4.57 Å². The summed E-state index contributed by atoms with van der Waals surface area (Å²) >= 11 is 5.38. The highest BCUT2D eigenvalue weighted by Gasteiger charge is 2.06. The smallest absolute Gasteiger partial charge is 0.0580 e. The molecule has 0 aliphatic rings. The summed E-state index contributed by atoms with van der Waals surface area (Å²) in [6.45, 7) is 3.10. The lowest BCUT2D eigenvalue weighted by Gasteiger charge is -2.05. The maximum atomic E-state index is 3.59. The first-order valence-electron chi connectivity index (χ1n) is 5.52. The molecule has 3 rings (SSSR count). The molecule has 3 aromatic rings. The number of fused-ring (bicyclic) bond motifs is 1. The van der Waals surface area contributed by atoms with Crippen molar-refractivity contribution >= 4 is 38.2 Å². The van der Waals surface area contributed by atoms with Gasteiger partial charge in [0.2, 0.25) is 0 Å². The number of nitrogens with zero attached hydrogens (tertiary/aromatic N) is 1. The molecule has 0 aliphatic carbocycles. The van der Waals surface area contributed by atoms with E-state index in [0.29, 0.717) is 0 Å². The van der Waals surface area contributed by atoms with E-state index in [2.05, 4.69) is 69.3 Å². The topological polar surface area (TPSA) is 4.93 Å². The van der Waals surface area contributed by atoms with Gasteiger partial charge in [0.1, 0.15) is 0 Å². The van der Waals surface area contributed by atoms with Gasteiger partial charge in [-0.25, -0.2) is 0 Å². The Bertz CT molecular complexity index is 666. The molecule has 17 heavy (non-hydrogen) atoms. The Labute approximate surface area is 113 Å². The van der Waals surface area contributed by atoms with Crippen LogP contribution in [0.25, 0.3) is 10.9 Å². The van der Waals surface area contributed by atoms with Gasteiger partial charge in [-0.3, -0.25) is 0 Å². The van der Waals surface area contributed by atoms with Gasteiger partial charge in [-0.15, -0.1) is 11.3 Å². The number of hydrogen-bond donors (Lipinski definition) is 0. The maximum Gasteiger partial charge on any atom is 0.0580 e. The summed E-state index contributed by atoms with van der Waals surface area (Å²) in [7, 11) is 0. The Kier molecular flexibility index (Phi) is 2.81. The average molecular weight is 306 g/mol. The Balaban J connectivity index is 2.07. The molecular formula is C14H12BrNS. The summed E-state index contributed by atoms with van der Waals surface area (Å²) in [5.41, 5.74) is 2.65. The second kappa shape index (κ2) is 4.31. The van der Waals surface area contributed by atoms with Crippen LogP contribution in [0.2, 0.25) is 0 Å². The summed E-state index contributed by atoms with van der Waals surface area (Å²) in [5, 5.41) is 3.47. The summed E-state index contributed by atoms with van der Waals surface area (Å²) in [6, 6.07) is 10.8. The van der Waals surface area contributed by atoms with Crippen LogP contribution in [-0.4, -0.2) is 4.57 Å². The first-order chi connectivity index (χ1) is 8.25. The molecule has 0 atom stereocenters. The highest BCUT2D eigenvalue weighted by Crippen LogP contribution is 2.26. The number of benzene rings is 1. The molecule has 0 bridgehead atoms. The van der Waals surface area contributed by atoms with Crippen molar-refractivity contribution in [3.63, 3.8) is 0 Å². The molecule has 3 heteroatoms. The molecule has 0 saturated carbocycles. The second-order valence-electron chi connectivity index (χ2n) is 4.14. The zero-order valence-corrected chi connectivity index (χ0v) is 11.9. The van der Waals surface area contributed by atoms with Gasteiger partial charge in [0, 0.05) is 26.4 Å². The summed E-state index contributed by atoms with van der Waals surface area (Å²) in [4.78, 5) is 1.36. The van der Waals surface area contributed by atoms with Gasteiger partial charge in [0.15, 0.2) is 0 Å². The van der Waals surface area contributed by atoms with Crippen molar-refractivity contribution in [2.45, 2.75) is 13.5 Å². The van der Waals surface area contributed by atoms with Crippen molar-refractivity contribution in [3.05, 3.63) is 56.8 Å². The fraction of sp³-hybridized carbons (Fsp3) is 0.143. The van der Waals surface area contributed by atoms with E-state index in [0.717, 1.165) is 6.54 Å². The van der Waals surface area contributed by atoms with Crippen molar-refractivity contribution in [1.82, 2.24) is 4.57 Å². The first kappa shape index (κ1) is 11.1. The van der Waals surface area contributed by atoms with E-state index in [1.54, 1.807) is 11.3 Å². The standard InChI is InChI=1S/C14H12BrNS/c1-10-3-2-4-13-11(10)5-7-16(13)9-14-12(15)6-8-17-14/h2-8H,9H2,1H3. The fourth-order valence-corrected chi connectivity index (χ4v) is 3.58. The van der Waals surface area contributed by atoms with E-state index in [1.165, 1.54) is 25.8 Å². The second-order valence-corrected chi connectivity index (χ2v) is 6.00. The van der Waals surface area contributed by atoms with Crippen LogP contribution in [0.5, 0.6) is 0 Å². The van der Waals surface area contributed by atoms with E-state index in [4.69, 9.17) is 0 Å². The predicted octanol–water partition coefficient (Wildman–Crippen LogP) is 4.82. The summed E-state index contributed by atoms with van der Waals surface area (Å²) in [6.07, 6.45) is 2.17. The normalized spacial score (nSPS) is 11.2. The zero-order chi connectivity index (χ0) is 11.8. The lowest BCUT2D eigenvalue weighted by atomic mass is 10.1. The predicted molar refractivity (Wildman–Crippen MR) is 77.8 cm³/mol. The van der Waals surface area contributed by atoms with Crippen LogP contribution < -0.4 is 0 Å². The van der Waals surface area contributed by atoms with Gasteiger partial charge in [-0.05, 0) is 52.0 Å². The average Bonchev–Trinajstić information content (AvgIpc) is 2.89. The Morgan fingerprint density at radius 3 is 2.88 bits per heavy atom. The minimum absolute atomic E-state index is 0.936. The molecule has 0 spiro atoms. The van der Waals surface area contributed by atoms with Crippen molar-refractivity contribution in [3.8, 4) is 0 Å². The molecule has 1 nitrogen and oxygen atoms in total. The van der Waals surface area contributed by atoms with Crippen LogP contribution in [0, 0.1) is 6.92 Å². The highest BCUT2D eigenvalue weighted by molar-refractivity contribution is 9.10. The van der Waals surface area contributed by atoms with E-state index in [-0.39, 0.29) is 0 Å². The highest BCUT2D eigenvalue weighted by atomic mass is 79.9. The van der Waals surface area contributed by atoms with Crippen LogP contribution in [0.3, 0.4) is 0 Å². The van der Waals surface area contributed by atoms with Gasteiger partial charge in [-0.1, -0.05) is 12.1 Å². The molecular weight excluding hydrogens is 294 g/mol. The third-order valence-electron chi connectivity index (χ3n) is 3.04. The third kappa shape index (κ3) is 1.94. The molecule has 2 aromatic heterocycles. The Hall–Kier alpha value is -1.06. The Morgan fingerprint density at radius 1 is 1.24 bits per heavy atom. The van der Waals surface area contributed by atoms with Crippen LogP contribution >= 0.6 is 27.3 Å². The van der Waals surface area contributed by atoms with Crippen molar-refractivity contribution in [2.24, 2.45) is 0 Å². The molecule has 0 saturated heterocycles. The number of aromatic nitrogens is 1. The number of hydrogen-bond acceptors (Lipinski definition) is 1. The van der Waals surface area contributed by atoms with E-state index >= 15 is 0 Å². The monoisotopic (exact) mass is 305 g/mol. The lowest BCUT2D eigenvalue weighted by Crippen LogP contribution is -1.96. The third-order valence-corrected chi connectivity index (χ3v) is 4.95. The molecule has 0 unspecified atom stereocenters. The number of rotatable bonds is 2. The lowest BCUT2D eigenvalue weighted by molar-refractivity contribution is 0.848. The molecule has 0 radical (unpaired) electrons. The van der Waals surface area contributed by atoms with Gasteiger partial charge in [0.05, 0.1) is 6.54 Å². The molecule has 0 amide bonds. The largest absolute Gasteiger partial charge is 0.342 e. The zero-order valence-electron chi connectivity index (χ0n) is 9.48. The number of aryl methyl sites for hydroxylation is 1. The number of halogens is 1. The van der Waals surface area contributed by atoms with Crippen LogP contribution in [0.1, 0.15) is 10.4 Å². The van der Waals surface area contributed by atoms with Crippen molar-refractivity contribution in [1.29, 1.82) is 0 Å². The summed E-state index contributed by atoms with van der Waals surface area (Å²) < 4.78 is 3.51. The van der Waals surface area contributed by atoms with Crippen molar-refractivity contribution < 1.29 is 0 Å². The molecule has 2 heterocycles. The molecule has 0 fully saturated rings. The minimum Gasteiger partial charge on any atom is -0.342 e. The quantitative estimate of drug-likeness (QED) is 0.639. The van der Waals surface area contributed by atoms with Crippen LogP contribution in [0.4, 0.5) is 0 Å². The SMILES string of the molecule is Cc1cccc2c1ccn2Cc1sccc1Br. The van der Waals surface area contributed by atoms with E-state index in [1.807, 2.05) is 0 Å². The molecule has 86 valence electrons. The maximum absolute atomic E-state index is 3.59. The van der Waals surface area contributed by atoms with Crippen molar-refractivity contribution in [2.75, 3.05) is 0 Å². The van der Waals surface area contributed by atoms with E-state index < -0.39 is 0 Å². The fourth-order valence-electron chi connectivity index (χ4n) is 2.11.